The Balaban J connectivity index is 3.12. The first-order chi connectivity index (χ1) is 9.64. The molecule has 0 saturated heterocycles. The van der Waals surface area contributed by atoms with Gasteiger partial charge in [-0.2, -0.15) is 0 Å². The maximum absolute atomic E-state index is 12.4. The molecule has 1 aliphatic heterocycles. The third-order valence-electron chi connectivity index (χ3n) is 3.37. The standard InChI is InChI=1S/C17H25NO3/c1-7-9-14(19)18-16(3,4)11-13(12-17(18,5)6)21-15(20)10-8-2/h7-11H,12H2,1-6H3/b9-7+,10-8+. The van der Waals surface area contributed by atoms with Crippen molar-refractivity contribution in [3.63, 3.8) is 0 Å². The molecule has 21 heavy (non-hydrogen) atoms. The number of hydrogen-bond acceptors (Lipinski definition) is 3. The molecular weight excluding hydrogens is 266 g/mol. The SMILES string of the molecule is C/C=C/C(=O)OC1=CC(C)(C)N(C(=O)/C=C/C)C(C)(C)C1. The van der Waals surface area contributed by atoms with Crippen molar-refractivity contribution in [2.75, 3.05) is 0 Å². The molecule has 0 radical (unpaired) electrons. The third-order valence-corrected chi connectivity index (χ3v) is 3.37. The molecular formula is C17H25NO3. The van der Waals surface area contributed by atoms with Crippen LogP contribution in [0.1, 0.15) is 48.0 Å². The summed E-state index contributed by atoms with van der Waals surface area (Å²) in [5.74, 6) is 0.184. The van der Waals surface area contributed by atoms with Gasteiger partial charge in [-0.1, -0.05) is 12.2 Å². The lowest BCUT2D eigenvalue weighted by Gasteiger charge is -2.50. The summed E-state index contributed by atoms with van der Waals surface area (Å²) in [6.07, 6.45) is 8.68. The van der Waals surface area contributed by atoms with Crippen molar-refractivity contribution in [1.29, 1.82) is 0 Å². The van der Waals surface area contributed by atoms with Gasteiger partial charge in [0.05, 0.1) is 5.54 Å². The van der Waals surface area contributed by atoms with Crippen molar-refractivity contribution in [2.24, 2.45) is 0 Å². The fourth-order valence-corrected chi connectivity index (χ4v) is 2.96. The second-order valence-corrected chi connectivity index (χ2v) is 6.35. The first kappa shape index (κ1) is 17.2. The van der Waals surface area contributed by atoms with Crippen LogP contribution in [0.15, 0.2) is 36.1 Å². The smallest absolute Gasteiger partial charge is 0.335 e. The normalized spacial score (nSPS) is 20.7. The molecule has 0 aromatic carbocycles. The molecule has 0 saturated carbocycles. The second-order valence-electron chi connectivity index (χ2n) is 6.35. The van der Waals surface area contributed by atoms with Gasteiger partial charge in [0.15, 0.2) is 0 Å². The van der Waals surface area contributed by atoms with Crippen LogP contribution in [0.25, 0.3) is 0 Å². The maximum atomic E-state index is 12.4. The lowest BCUT2D eigenvalue weighted by Crippen LogP contribution is -2.59. The average molecular weight is 291 g/mol. The van der Waals surface area contributed by atoms with E-state index in [2.05, 4.69) is 0 Å². The summed E-state index contributed by atoms with van der Waals surface area (Å²) in [6, 6.07) is 0. The van der Waals surface area contributed by atoms with E-state index >= 15 is 0 Å². The lowest BCUT2D eigenvalue weighted by atomic mass is 9.83. The Labute approximate surface area is 127 Å². The molecule has 0 spiro atoms. The Kier molecular flexibility index (Phi) is 5.15. The summed E-state index contributed by atoms with van der Waals surface area (Å²) in [5.41, 5.74) is -0.954. The molecule has 0 bridgehead atoms. The fourth-order valence-electron chi connectivity index (χ4n) is 2.96. The topological polar surface area (TPSA) is 46.6 Å². The number of nitrogens with zero attached hydrogens (tertiary/aromatic N) is 1. The van der Waals surface area contributed by atoms with Crippen LogP contribution >= 0.6 is 0 Å². The van der Waals surface area contributed by atoms with Gasteiger partial charge in [-0.05, 0) is 53.7 Å². The summed E-state index contributed by atoms with van der Waals surface area (Å²) in [4.78, 5) is 25.8. The molecule has 0 fully saturated rings. The van der Waals surface area contributed by atoms with Crippen molar-refractivity contribution in [1.82, 2.24) is 4.90 Å². The van der Waals surface area contributed by atoms with E-state index in [1.54, 1.807) is 25.2 Å². The van der Waals surface area contributed by atoms with Gasteiger partial charge in [-0.3, -0.25) is 4.79 Å². The average Bonchev–Trinajstić information content (AvgIpc) is 2.25. The summed E-state index contributed by atoms with van der Waals surface area (Å²) < 4.78 is 5.37. The van der Waals surface area contributed by atoms with Crippen LogP contribution in [0.5, 0.6) is 0 Å². The Bertz CT molecular complexity index is 510. The number of hydrogen-bond donors (Lipinski definition) is 0. The fraction of sp³-hybridized carbons (Fsp3) is 0.529. The minimum absolute atomic E-state index is 0.0393. The van der Waals surface area contributed by atoms with Crippen molar-refractivity contribution in [3.8, 4) is 0 Å². The van der Waals surface area contributed by atoms with E-state index in [0.717, 1.165) is 0 Å². The summed E-state index contributed by atoms with van der Waals surface area (Å²) in [5, 5.41) is 0. The van der Waals surface area contributed by atoms with E-state index < -0.39 is 11.1 Å². The molecule has 0 aliphatic carbocycles. The number of allylic oxidation sites excluding steroid dienone is 2. The highest BCUT2D eigenvalue weighted by Gasteiger charge is 2.44. The Morgan fingerprint density at radius 1 is 1.14 bits per heavy atom. The first-order valence-electron chi connectivity index (χ1n) is 7.17. The Morgan fingerprint density at radius 2 is 1.71 bits per heavy atom. The van der Waals surface area contributed by atoms with E-state index in [0.29, 0.717) is 12.2 Å². The number of amides is 1. The number of carbonyl (C=O) groups excluding carboxylic acids is 2. The van der Waals surface area contributed by atoms with Gasteiger partial charge in [-0.25, -0.2) is 4.79 Å². The van der Waals surface area contributed by atoms with E-state index in [9.17, 15) is 9.59 Å². The van der Waals surface area contributed by atoms with Crippen LogP contribution in [-0.4, -0.2) is 27.9 Å². The predicted octanol–water partition coefficient (Wildman–Crippen LogP) is 3.36. The van der Waals surface area contributed by atoms with Gasteiger partial charge in [0.25, 0.3) is 0 Å². The van der Waals surface area contributed by atoms with Crippen LogP contribution in [0.3, 0.4) is 0 Å². The Hall–Kier alpha value is -1.84. The maximum Gasteiger partial charge on any atom is 0.335 e. The monoisotopic (exact) mass is 291 g/mol. The van der Waals surface area contributed by atoms with E-state index in [1.807, 2.05) is 45.6 Å². The highest BCUT2D eigenvalue weighted by molar-refractivity contribution is 5.89. The molecule has 0 N–H and O–H groups in total. The van der Waals surface area contributed by atoms with Crippen molar-refractivity contribution >= 4 is 11.9 Å². The molecule has 1 amide bonds. The minimum Gasteiger partial charge on any atom is -0.428 e. The zero-order valence-corrected chi connectivity index (χ0v) is 13.8. The van der Waals surface area contributed by atoms with E-state index in [-0.39, 0.29) is 11.9 Å². The number of esters is 1. The molecule has 0 unspecified atom stereocenters. The minimum atomic E-state index is -0.524. The highest BCUT2D eigenvalue weighted by atomic mass is 16.5. The molecule has 1 heterocycles. The molecule has 4 nitrogen and oxygen atoms in total. The van der Waals surface area contributed by atoms with Crippen LogP contribution in [0.2, 0.25) is 0 Å². The molecule has 0 atom stereocenters. The molecule has 4 heteroatoms. The van der Waals surface area contributed by atoms with Crippen molar-refractivity contribution in [2.45, 2.75) is 59.0 Å². The summed E-state index contributed by atoms with van der Waals surface area (Å²) >= 11 is 0. The highest BCUT2D eigenvalue weighted by Crippen LogP contribution is 2.38. The second kappa shape index (κ2) is 6.29. The van der Waals surface area contributed by atoms with Crippen LogP contribution in [-0.2, 0) is 14.3 Å². The van der Waals surface area contributed by atoms with Crippen LogP contribution in [0.4, 0.5) is 0 Å². The van der Waals surface area contributed by atoms with Gasteiger partial charge in [0, 0.05) is 18.0 Å². The Morgan fingerprint density at radius 3 is 2.19 bits per heavy atom. The molecule has 116 valence electrons. The first-order valence-corrected chi connectivity index (χ1v) is 7.17. The van der Waals surface area contributed by atoms with Gasteiger partial charge in [0.2, 0.25) is 5.91 Å². The molecule has 1 rings (SSSR count). The quantitative estimate of drug-likeness (QED) is 0.591. The third kappa shape index (κ3) is 4.06. The number of rotatable bonds is 3. The van der Waals surface area contributed by atoms with E-state index in [1.165, 1.54) is 6.08 Å². The zero-order valence-electron chi connectivity index (χ0n) is 13.8. The lowest BCUT2D eigenvalue weighted by molar-refractivity contribution is -0.140. The molecule has 0 aromatic rings. The van der Waals surface area contributed by atoms with Gasteiger partial charge < -0.3 is 9.64 Å². The number of ether oxygens (including phenoxy) is 1. The molecule has 1 aliphatic rings. The summed E-state index contributed by atoms with van der Waals surface area (Å²) in [6.45, 7) is 11.4. The predicted molar refractivity (Wildman–Crippen MR) is 83.4 cm³/mol. The van der Waals surface area contributed by atoms with Crippen molar-refractivity contribution < 1.29 is 14.3 Å². The van der Waals surface area contributed by atoms with Gasteiger partial charge in [-0.15, -0.1) is 0 Å². The largest absolute Gasteiger partial charge is 0.428 e. The van der Waals surface area contributed by atoms with Crippen LogP contribution < -0.4 is 0 Å². The van der Waals surface area contributed by atoms with Crippen molar-refractivity contribution in [3.05, 3.63) is 36.1 Å². The van der Waals surface area contributed by atoms with Gasteiger partial charge in [0.1, 0.15) is 5.76 Å². The van der Waals surface area contributed by atoms with E-state index in [4.69, 9.17) is 4.74 Å². The molecule has 0 aromatic heterocycles. The van der Waals surface area contributed by atoms with Crippen LogP contribution in [0, 0.1) is 0 Å². The summed E-state index contributed by atoms with van der Waals surface area (Å²) in [7, 11) is 0. The number of carbonyl (C=O) groups is 2. The van der Waals surface area contributed by atoms with Gasteiger partial charge >= 0.3 is 5.97 Å². The zero-order chi connectivity index (χ0) is 16.3.